The van der Waals surface area contributed by atoms with Gasteiger partial charge >= 0.3 is 5.97 Å². The molecule has 16 heavy (non-hydrogen) atoms. The van der Waals surface area contributed by atoms with E-state index < -0.39 is 23.4 Å². The second-order valence-electron chi connectivity index (χ2n) is 3.25. The molecule has 0 amide bonds. The third-order valence-electron chi connectivity index (χ3n) is 2.05. The fourth-order valence-corrected chi connectivity index (χ4v) is 1.07. The smallest absolute Gasteiger partial charge is 0.330 e. The Labute approximate surface area is 90.0 Å². The second-order valence-corrected chi connectivity index (χ2v) is 3.25. The number of carboxylic acids is 1. The van der Waals surface area contributed by atoms with E-state index >= 15 is 0 Å². The Balaban J connectivity index is 2.94. The van der Waals surface area contributed by atoms with Gasteiger partial charge in [-0.05, 0) is 25.0 Å². The van der Waals surface area contributed by atoms with Crippen LogP contribution in [-0.2, 0) is 11.2 Å². The first kappa shape index (κ1) is 12.3. The summed E-state index contributed by atoms with van der Waals surface area (Å²) in [6.45, 7) is 1.33. The maximum absolute atomic E-state index is 13.1. The summed E-state index contributed by atoms with van der Waals surface area (Å²) >= 11 is 0. The van der Waals surface area contributed by atoms with Crippen molar-refractivity contribution in [2.75, 3.05) is 0 Å². The zero-order valence-electron chi connectivity index (χ0n) is 8.43. The summed E-state index contributed by atoms with van der Waals surface area (Å²) in [6, 6.07) is 1.16. The molecule has 1 N–H and O–H groups in total. The molecule has 0 saturated heterocycles. The maximum atomic E-state index is 13.1. The summed E-state index contributed by atoms with van der Waals surface area (Å²) < 4.78 is 38.4. The molecule has 1 aromatic carbocycles. The molecule has 0 atom stereocenters. The van der Waals surface area contributed by atoms with Gasteiger partial charge < -0.3 is 5.11 Å². The first-order chi connectivity index (χ1) is 7.41. The summed E-state index contributed by atoms with van der Waals surface area (Å²) in [6.07, 6.45) is 1.14. The van der Waals surface area contributed by atoms with E-state index in [2.05, 4.69) is 0 Å². The summed E-state index contributed by atoms with van der Waals surface area (Å²) in [5.41, 5.74) is -0.0661. The predicted octanol–water partition coefficient (Wildman–Crippen LogP) is 2.68. The van der Waals surface area contributed by atoms with E-state index in [0.717, 1.165) is 6.07 Å². The van der Waals surface area contributed by atoms with Crippen LogP contribution in [-0.4, -0.2) is 11.1 Å². The third-order valence-corrected chi connectivity index (χ3v) is 2.05. The van der Waals surface area contributed by atoms with E-state index in [-0.39, 0.29) is 17.6 Å². The Kier molecular flexibility index (Phi) is 3.71. The van der Waals surface area contributed by atoms with Crippen molar-refractivity contribution < 1.29 is 23.1 Å². The molecule has 0 fully saturated rings. The van der Waals surface area contributed by atoms with Gasteiger partial charge in [0.05, 0.1) is 0 Å². The van der Waals surface area contributed by atoms with Crippen molar-refractivity contribution in [1.29, 1.82) is 0 Å². The largest absolute Gasteiger partial charge is 0.478 e. The third kappa shape index (κ3) is 2.85. The van der Waals surface area contributed by atoms with Crippen LogP contribution in [0, 0.1) is 17.5 Å². The van der Waals surface area contributed by atoms with Crippen molar-refractivity contribution in [3.8, 4) is 0 Å². The number of carbonyl (C=O) groups is 1. The van der Waals surface area contributed by atoms with E-state index in [1.165, 1.54) is 13.0 Å². The van der Waals surface area contributed by atoms with Gasteiger partial charge in [0, 0.05) is 11.6 Å². The first-order valence-corrected chi connectivity index (χ1v) is 4.45. The Morgan fingerprint density at radius 3 is 2.38 bits per heavy atom. The lowest BCUT2D eigenvalue weighted by atomic mass is 10.1. The SMILES string of the molecule is C/C(=C\Cc1cc(F)c(F)cc1F)C(=O)O. The zero-order chi connectivity index (χ0) is 12.3. The van der Waals surface area contributed by atoms with Crippen molar-refractivity contribution in [1.82, 2.24) is 0 Å². The Morgan fingerprint density at radius 1 is 1.25 bits per heavy atom. The van der Waals surface area contributed by atoms with Gasteiger partial charge in [-0.1, -0.05) is 6.08 Å². The van der Waals surface area contributed by atoms with E-state index in [0.29, 0.717) is 6.07 Å². The number of benzene rings is 1. The van der Waals surface area contributed by atoms with E-state index in [4.69, 9.17) is 5.11 Å². The summed E-state index contributed by atoms with van der Waals surface area (Å²) in [4.78, 5) is 10.4. The van der Waals surface area contributed by atoms with Gasteiger partial charge in [-0.25, -0.2) is 18.0 Å². The number of aliphatic carboxylic acids is 1. The quantitative estimate of drug-likeness (QED) is 0.640. The minimum absolute atomic E-state index is 0.0177. The lowest BCUT2D eigenvalue weighted by Crippen LogP contribution is -1.99. The van der Waals surface area contributed by atoms with Crippen molar-refractivity contribution >= 4 is 5.97 Å². The second kappa shape index (κ2) is 4.83. The molecule has 0 radical (unpaired) electrons. The highest BCUT2D eigenvalue weighted by Gasteiger charge is 2.09. The minimum Gasteiger partial charge on any atom is -0.478 e. The van der Waals surface area contributed by atoms with Gasteiger partial charge in [-0.3, -0.25) is 0 Å². The first-order valence-electron chi connectivity index (χ1n) is 4.45. The standard InChI is InChI=1S/C11H9F3O2/c1-6(11(15)16)2-3-7-4-9(13)10(14)5-8(7)12/h2,4-5H,3H2,1H3,(H,15,16)/b6-2+. The van der Waals surface area contributed by atoms with E-state index in [9.17, 15) is 18.0 Å². The summed E-state index contributed by atoms with van der Waals surface area (Å²) in [7, 11) is 0. The van der Waals surface area contributed by atoms with Crippen LogP contribution in [0.5, 0.6) is 0 Å². The Bertz CT molecular complexity index is 453. The number of halogens is 3. The number of hydrogen-bond acceptors (Lipinski definition) is 1. The molecule has 0 bridgehead atoms. The lowest BCUT2D eigenvalue weighted by molar-refractivity contribution is -0.132. The molecule has 1 rings (SSSR count). The molecule has 0 saturated carbocycles. The van der Waals surface area contributed by atoms with Crippen LogP contribution in [0.1, 0.15) is 12.5 Å². The van der Waals surface area contributed by atoms with Crippen LogP contribution >= 0.6 is 0 Å². The van der Waals surface area contributed by atoms with Gasteiger partial charge in [0.25, 0.3) is 0 Å². The van der Waals surface area contributed by atoms with E-state index in [1.54, 1.807) is 0 Å². The topological polar surface area (TPSA) is 37.3 Å². The normalized spacial score (nSPS) is 11.6. The van der Waals surface area contributed by atoms with Gasteiger partial charge in [0.2, 0.25) is 0 Å². The molecule has 0 spiro atoms. The highest BCUT2D eigenvalue weighted by atomic mass is 19.2. The van der Waals surface area contributed by atoms with Gasteiger partial charge in [0.15, 0.2) is 11.6 Å². The lowest BCUT2D eigenvalue weighted by Gasteiger charge is -2.01. The van der Waals surface area contributed by atoms with Crippen LogP contribution < -0.4 is 0 Å². The Morgan fingerprint density at radius 2 is 1.81 bits per heavy atom. The van der Waals surface area contributed by atoms with Crippen molar-refractivity contribution in [2.24, 2.45) is 0 Å². The molecule has 0 aliphatic heterocycles. The fourth-order valence-electron chi connectivity index (χ4n) is 1.07. The average molecular weight is 230 g/mol. The molecule has 0 heterocycles. The van der Waals surface area contributed by atoms with Crippen LogP contribution in [0.15, 0.2) is 23.8 Å². The molecule has 2 nitrogen and oxygen atoms in total. The summed E-state index contributed by atoms with van der Waals surface area (Å²) in [5, 5.41) is 8.53. The fraction of sp³-hybridized carbons (Fsp3) is 0.182. The highest BCUT2D eigenvalue weighted by Crippen LogP contribution is 2.15. The number of hydrogen-bond donors (Lipinski definition) is 1. The van der Waals surface area contributed by atoms with Crippen LogP contribution in [0.4, 0.5) is 13.2 Å². The maximum Gasteiger partial charge on any atom is 0.330 e. The molecular weight excluding hydrogens is 221 g/mol. The molecule has 86 valence electrons. The van der Waals surface area contributed by atoms with Crippen molar-refractivity contribution in [2.45, 2.75) is 13.3 Å². The number of rotatable bonds is 3. The van der Waals surface area contributed by atoms with Crippen molar-refractivity contribution in [3.63, 3.8) is 0 Å². The number of allylic oxidation sites excluding steroid dienone is 1. The molecule has 0 aliphatic rings. The van der Waals surface area contributed by atoms with Crippen LogP contribution in [0.2, 0.25) is 0 Å². The minimum atomic E-state index is -1.26. The molecule has 1 aromatic rings. The van der Waals surface area contributed by atoms with E-state index in [1.807, 2.05) is 0 Å². The molecule has 0 aromatic heterocycles. The van der Waals surface area contributed by atoms with Crippen LogP contribution in [0.3, 0.4) is 0 Å². The van der Waals surface area contributed by atoms with Crippen LogP contribution in [0.25, 0.3) is 0 Å². The summed E-state index contributed by atoms with van der Waals surface area (Å²) in [5.74, 6) is -4.45. The Hall–Kier alpha value is -1.78. The molecule has 0 unspecified atom stereocenters. The van der Waals surface area contributed by atoms with Crippen molar-refractivity contribution in [3.05, 3.63) is 46.8 Å². The predicted molar refractivity (Wildman–Crippen MR) is 51.4 cm³/mol. The van der Waals surface area contributed by atoms with Gasteiger partial charge in [0.1, 0.15) is 5.82 Å². The molecule has 5 heteroatoms. The highest BCUT2D eigenvalue weighted by molar-refractivity contribution is 5.85. The monoisotopic (exact) mass is 230 g/mol. The molecule has 0 aliphatic carbocycles. The zero-order valence-corrected chi connectivity index (χ0v) is 8.43. The number of carboxylic acid groups (broad SMARTS) is 1. The van der Waals surface area contributed by atoms with Gasteiger partial charge in [-0.15, -0.1) is 0 Å². The average Bonchev–Trinajstić information content (AvgIpc) is 2.20. The van der Waals surface area contributed by atoms with Gasteiger partial charge in [-0.2, -0.15) is 0 Å². The molecular formula is C11H9F3O2.